The third-order valence-corrected chi connectivity index (χ3v) is 3.10. The molecule has 0 saturated heterocycles. The van der Waals surface area contributed by atoms with Gasteiger partial charge in [-0.25, -0.2) is 0 Å². The number of benzene rings is 1. The summed E-state index contributed by atoms with van der Waals surface area (Å²) < 4.78 is 0. The van der Waals surface area contributed by atoms with Gasteiger partial charge in [-0.3, -0.25) is 0 Å². The van der Waals surface area contributed by atoms with Crippen LogP contribution in [0.15, 0.2) is 24.3 Å². The molecule has 0 amide bonds. The van der Waals surface area contributed by atoms with E-state index in [9.17, 15) is 5.11 Å². The molecule has 0 bridgehead atoms. The van der Waals surface area contributed by atoms with Crippen LogP contribution in [0.3, 0.4) is 0 Å². The molecule has 2 heteroatoms. The van der Waals surface area contributed by atoms with Crippen molar-refractivity contribution in [3.05, 3.63) is 29.8 Å². The molecule has 1 aromatic rings. The van der Waals surface area contributed by atoms with Crippen molar-refractivity contribution in [3.8, 4) is 0 Å². The lowest BCUT2D eigenvalue weighted by molar-refractivity contribution is -0.0387. The fourth-order valence-corrected chi connectivity index (χ4v) is 1.87. The Labute approximate surface area is 85.2 Å². The Morgan fingerprint density at radius 2 is 1.71 bits per heavy atom. The van der Waals surface area contributed by atoms with Gasteiger partial charge in [0.15, 0.2) is 0 Å². The van der Waals surface area contributed by atoms with Gasteiger partial charge in [0.2, 0.25) is 0 Å². The summed E-state index contributed by atoms with van der Waals surface area (Å²) in [6.07, 6.45) is 2.97. The zero-order valence-electron chi connectivity index (χ0n) is 8.83. The van der Waals surface area contributed by atoms with Gasteiger partial charge < -0.3 is 10.0 Å². The number of nitrogens with zero attached hydrogens (tertiary/aromatic N) is 1. The Kier molecular flexibility index (Phi) is 2.23. The molecule has 1 aliphatic carbocycles. The second-order valence-electron chi connectivity index (χ2n) is 4.33. The van der Waals surface area contributed by atoms with Crippen LogP contribution in [0.1, 0.15) is 24.8 Å². The molecule has 2 rings (SSSR count). The molecule has 0 atom stereocenters. The Hall–Kier alpha value is -1.02. The highest BCUT2D eigenvalue weighted by atomic mass is 16.3. The molecular weight excluding hydrogens is 174 g/mol. The average Bonchev–Trinajstić information content (AvgIpc) is 2.14. The molecule has 76 valence electrons. The van der Waals surface area contributed by atoms with E-state index < -0.39 is 5.60 Å². The average molecular weight is 191 g/mol. The molecule has 0 unspecified atom stereocenters. The van der Waals surface area contributed by atoms with Crippen LogP contribution in [0.25, 0.3) is 0 Å². The highest BCUT2D eigenvalue weighted by Gasteiger charge is 2.35. The van der Waals surface area contributed by atoms with Crippen LogP contribution in [-0.2, 0) is 5.60 Å². The summed E-state index contributed by atoms with van der Waals surface area (Å²) in [6, 6.07) is 8.19. The monoisotopic (exact) mass is 191 g/mol. The number of aliphatic hydroxyl groups is 1. The molecule has 2 nitrogen and oxygen atoms in total. The van der Waals surface area contributed by atoms with Crippen LogP contribution < -0.4 is 4.90 Å². The van der Waals surface area contributed by atoms with Crippen molar-refractivity contribution < 1.29 is 5.11 Å². The Morgan fingerprint density at radius 1 is 1.14 bits per heavy atom. The summed E-state index contributed by atoms with van der Waals surface area (Å²) in [5, 5.41) is 10.1. The maximum Gasteiger partial charge on any atom is 0.0896 e. The van der Waals surface area contributed by atoms with Gasteiger partial charge in [0.05, 0.1) is 5.60 Å². The summed E-state index contributed by atoms with van der Waals surface area (Å²) in [5.41, 5.74) is 1.72. The second kappa shape index (κ2) is 3.28. The second-order valence-corrected chi connectivity index (χ2v) is 4.33. The van der Waals surface area contributed by atoms with Gasteiger partial charge in [0, 0.05) is 19.8 Å². The van der Waals surface area contributed by atoms with Crippen molar-refractivity contribution in [2.45, 2.75) is 24.9 Å². The summed E-state index contributed by atoms with van der Waals surface area (Å²) in [7, 11) is 4.04. The van der Waals surface area contributed by atoms with Crippen LogP contribution in [0, 0.1) is 0 Å². The quantitative estimate of drug-likeness (QED) is 0.774. The Bertz CT molecular complexity index is 312. The molecule has 1 aliphatic rings. The first-order valence-corrected chi connectivity index (χ1v) is 5.12. The van der Waals surface area contributed by atoms with E-state index in [1.165, 1.54) is 5.69 Å². The van der Waals surface area contributed by atoms with Crippen LogP contribution in [0.4, 0.5) is 5.69 Å². The molecule has 0 radical (unpaired) electrons. The smallest absolute Gasteiger partial charge is 0.0896 e. The van der Waals surface area contributed by atoms with Gasteiger partial charge in [0.25, 0.3) is 0 Å². The minimum atomic E-state index is -0.523. The van der Waals surface area contributed by atoms with E-state index >= 15 is 0 Å². The number of hydrogen-bond donors (Lipinski definition) is 1. The summed E-state index contributed by atoms with van der Waals surface area (Å²) in [6.45, 7) is 0. The van der Waals surface area contributed by atoms with Crippen LogP contribution in [-0.4, -0.2) is 19.2 Å². The molecule has 0 heterocycles. The SMILES string of the molecule is CN(C)c1ccc(C2(O)CCC2)cc1. The Balaban J connectivity index is 2.21. The summed E-state index contributed by atoms with van der Waals surface area (Å²) in [4.78, 5) is 2.06. The lowest BCUT2D eigenvalue weighted by Crippen LogP contribution is -2.33. The van der Waals surface area contributed by atoms with Crippen molar-refractivity contribution in [1.82, 2.24) is 0 Å². The zero-order chi connectivity index (χ0) is 10.2. The lowest BCUT2D eigenvalue weighted by Gasteiger charge is -2.37. The van der Waals surface area contributed by atoms with Crippen molar-refractivity contribution in [1.29, 1.82) is 0 Å². The van der Waals surface area contributed by atoms with Crippen LogP contribution in [0.2, 0.25) is 0 Å². The van der Waals surface area contributed by atoms with Gasteiger partial charge in [-0.05, 0) is 37.0 Å². The molecular formula is C12H17NO. The van der Waals surface area contributed by atoms with E-state index in [-0.39, 0.29) is 0 Å². The maximum atomic E-state index is 10.1. The molecule has 14 heavy (non-hydrogen) atoms. The van der Waals surface area contributed by atoms with E-state index in [1.54, 1.807) is 0 Å². The third-order valence-electron chi connectivity index (χ3n) is 3.10. The van der Waals surface area contributed by atoms with Crippen LogP contribution in [0.5, 0.6) is 0 Å². The Morgan fingerprint density at radius 3 is 2.07 bits per heavy atom. The van der Waals surface area contributed by atoms with Gasteiger partial charge in [-0.2, -0.15) is 0 Å². The van der Waals surface area contributed by atoms with Crippen molar-refractivity contribution in [3.63, 3.8) is 0 Å². The zero-order valence-corrected chi connectivity index (χ0v) is 8.83. The maximum absolute atomic E-state index is 10.1. The van der Waals surface area contributed by atoms with E-state index in [0.29, 0.717) is 0 Å². The molecule has 0 aromatic heterocycles. The highest BCUT2D eigenvalue weighted by Crippen LogP contribution is 2.41. The predicted molar refractivity (Wildman–Crippen MR) is 58.5 cm³/mol. The first kappa shape index (κ1) is 9.53. The molecule has 0 aliphatic heterocycles. The highest BCUT2D eigenvalue weighted by molar-refractivity contribution is 5.47. The third kappa shape index (κ3) is 1.50. The first-order valence-electron chi connectivity index (χ1n) is 5.12. The molecule has 1 saturated carbocycles. The fourth-order valence-electron chi connectivity index (χ4n) is 1.87. The molecule has 0 spiro atoms. The van der Waals surface area contributed by atoms with Crippen LogP contribution >= 0.6 is 0 Å². The van der Waals surface area contributed by atoms with E-state index in [1.807, 2.05) is 26.2 Å². The van der Waals surface area contributed by atoms with Gasteiger partial charge in [-0.1, -0.05) is 12.1 Å². The van der Waals surface area contributed by atoms with Gasteiger partial charge in [0.1, 0.15) is 0 Å². The predicted octanol–water partition coefficient (Wildman–Crippen LogP) is 2.12. The minimum absolute atomic E-state index is 0.523. The lowest BCUT2D eigenvalue weighted by atomic mass is 9.75. The van der Waals surface area contributed by atoms with Gasteiger partial charge >= 0.3 is 0 Å². The normalized spacial score (nSPS) is 18.8. The number of hydrogen-bond acceptors (Lipinski definition) is 2. The standard InChI is InChI=1S/C12H17NO/c1-13(2)11-6-4-10(5-7-11)12(14)8-3-9-12/h4-7,14H,3,8-9H2,1-2H3. The number of rotatable bonds is 2. The summed E-state index contributed by atoms with van der Waals surface area (Å²) >= 11 is 0. The molecule has 1 aromatic carbocycles. The number of anilines is 1. The van der Waals surface area contributed by atoms with E-state index in [0.717, 1.165) is 24.8 Å². The van der Waals surface area contributed by atoms with E-state index in [4.69, 9.17) is 0 Å². The van der Waals surface area contributed by atoms with Crippen molar-refractivity contribution in [2.75, 3.05) is 19.0 Å². The minimum Gasteiger partial charge on any atom is -0.385 e. The first-order chi connectivity index (χ1) is 6.62. The summed E-state index contributed by atoms with van der Waals surface area (Å²) in [5.74, 6) is 0. The van der Waals surface area contributed by atoms with Crippen molar-refractivity contribution >= 4 is 5.69 Å². The topological polar surface area (TPSA) is 23.5 Å². The largest absolute Gasteiger partial charge is 0.385 e. The molecule has 1 N–H and O–H groups in total. The molecule has 1 fully saturated rings. The van der Waals surface area contributed by atoms with E-state index in [2.05, 4.69) is 17.0 Å². The fraction of sp³-hybridized carbons (Fsp3) is 0.500. The van der Waals surface area contributed by atoms with Crippen molar-refractivity contribution in [2.24, 2.45) is 0 Å². The van der Waals surface area contributed by atoms with Gasteiger partial charge in [-0.15, -0.1) is 0 Å².